The van der Waals surface area contributed by atoms with Crippen LogP contribution in [0.1, 0.15) is 55.1 Å². The van der Waals surface area contributed by atoms with E-state index in [1.165, 1.54) is 11.1 Å². The minimum absolute atomic E-state index is 0.207. The van der Waals surface area contributed by atoms with Crippen LogP contribution >= 0.6 is 0 Å². The summed E-state index contributed by atoms with van der Waals surface area (Å²) in [5, 5.41) is 13.3. The van der Waals surface area contributed by atoms with Crippen molar-refractivity contribution in [1.29, 1.82) is 0 Å². The first kappa shape index (κ1) is 16.1. The highest BCUT2D eigenvalue weighted by Gasteiger charge is 2.28. The van der Waals surface area contributed by atoms with Gasteiger partial charge in [-0.3, -0.25) is 4.90 Å². The summed E-state index contributed by atoms with van der Waals surface area (Å²) in [5.41, 5.74) is 2.84. The zero-order chi connectivity index (χ0) is 16.1. The van der Waals surface area contributed by atoms with Crippen LogP contribution in [0.3, 0.4) is 0 Å². The Morgan fingerprint density at radius 3 is 3.04 bits per heavy atom. The molecule has 1 aliphatic carbocycles. The first-order valence-corrected chi connectivity index (χ1v) is 8.56. The number of hydrogen-bond donors (Lipinski definition) is 1. The fourth-order valence-electron chi connectivity index (χ4n) is 3.38. The third-order valence-corrected chi connectivity index (χ3v) is 4.46. The average Bonchev–Trinajstić information content (AvgIpc) is 3.18. The van der Waals surface area contributed by atoms with Crippen LogP contribution in [0.5, 0.6) is 0 Å². The van der Waals surface area contributed by atoms with Gasteiger partial charge in [0.15, 0.2) is 5.82 Å². The summed E-state index contributed by atoms with van der Waals surface area (Å²) in [6, 6.07) is 9.03. The molecule has 0 bridgehead atoms. The molecule has 1 aromatic carbocycles. The summed E-state index contributed by atoms with van der Waals surface area (Å²) >= 11 is 0. The van der Waals surface area contributed by atoms with Crippen molar-refractivity contribution in [3.05, 3.63) is 47.1 Å². The Kier molecular flexibility index (Phi) is 5.41. The lowest BCUT2D eigenvalue weighted by Gasteiger charge is -2.28. The molecule has 1 aromatic heterocycles. The third-order valence-electron chi connectivity index (χ3n) is 4.46. The van der Waals surface area contributed by atoms with Gasteiger partial charge in [-0.1, -0.05) is 36.3 Å². The Balaban J connectivity index is 1.75. The molecule has 0 radical (unpaired) electrons. The average molecular weight is 315 g/mol. The number of aryl methyl sites for hydroxylation is 2. The Bertz CT molecular complexity index is 626. The van der Waals surface area contributed by atoms with Crippen LogP contribution in [0.25, 0.3) is 0 Å². The normalized spacial score (nSPS) is 16.9. The van der Waals surface area contributed by atoms with E-state index in [2.05, 4.69) is 46.2 Å². The maximum atomic E-state index is 9.22. The molecule has 1 N–H and O–H groups in total. The maximum Gasteiger partial charge on any atom is 0.226 e. The smallest absolute Gasteiger partial charge is 0.226 e. The second-order valence-electron chi connectivity index (χ2n) is 6.16. The largest absolute Gasteiger partial charge is 0.396 e. The maximum absolute atomic E-state index is 9.22. The predicted molar refractivity (Wildman–Crippen MR) is 87.9 cm³/mol. The Morgan fingerprint density at radius 1 is 1.35 bits per heavy atom. The van der Waals surface area contributed by atoms with E-state index >= 15 is 0 Å². The zero-order valence-corrected chi connectivity index (χ0v) is 13.7. The van der Waals surface area contributed by atoms with Crippen molar-refractivity contribution in [2.75, 3.05) is 13.2 Å². The van der Waals surface area contributed by atoms with E-state index in [1.54, 1.807) is 0 Å². The number of nitrogens with zero attached hydrogens (tertiary/aromatic N) is 3. The highest BCUT2D eigenvalue weighted by molar-refractivity contribution is 5.34. The van der Waals surface area contributed by atoms with Crippen LogP contribution in [-0.2, 0) is 19.4 Å². The number of benzene rings is 1. The van der Waals surface area contributed by atoms with Gasteiger partial charge in [0.05, 0.1) is 6.54 Å². The van der Waals surface area contributed by atoms with Gasteiger partial charge in [0.25, 0.3) is 0 Å². The van der Waals surface area contributed by atoms with Gasteiger partial charge in [0, 0.05) is 25.6 Å². The molecule has 23 heavy (non-hydrogen) atoms. The number of rotatable bonds is 8. The molecular weight excluding hydrogens is 290 g/mol. The molecule has 0 saturated carbocycles. The van der Waals surface area contributed by atoms with Crippen LogP contribution < -0.4 is 0 Å². The van der Waals surface area contributed by atoms with Crippen LogP contribution in [0.2, 0.25) is 0 Å². The molecule has 0 aliphatic heterocycles. The standard InChI is InChI=1S/C18H25N3O2/c1-2-6-18-19-17(20-23-18)13-21(11-5-12-22)16-10-9-14-7-3-4-8-15(14)16/h3-4,7-8,16,22H,2,5-6,9-13H2,1H3/t16-/m0/s1. The van der Waals surface area contributed by atoms with Gasteiger partial charge >= 0.3 is 0 Å². The van der Waals surface area contributed by atoms with Crippen molar-refractivity contribution < 1.29 is 9.63 Å². The molecular formula is C18H25N3O2. The second kappa shape index (κ2) is 7.70. The van der Waals surface area contributed by atoms with Crippen molar-refractivity contribution in [2.24, 2.45) is 0 Å². The molecule has 124 valence electrons. The van der Waals surface area contributed by atoms with E-state index in [0.29, 0.717) is 12.6 Å². The van der Waals surface area contributed by atoms with Gasteiger partial charge in [-0.15, -0.1) is 0 Å². The van der Waals surface area contributed by atoms with Crippen molar-refractivity contribution in [3.8, 4) is 0 Å². The van der Waals surface area contributed by atoms with Gasteiger partial charge in [-0.25, -0.2) is 0 Å². The van der Waals surface area contributed by atoms with Gasteiger partial charge in [0.1, 0.15) is 0 Å². The lowest BCUT2D eigenvalue weighted by Crippen LogP contribution is -2.29. The SMILES string of the molecule is CCCc1nc(CN(CCCO)[C@H]2CCc3ccccc32)no1. The molecule has 0 amide bonds. The fraction of sp³-hybridized carbons (Fsp3) is 0.556. The first-order chi connectivity index (χ1) is 11.3. The van der Waals surface area contributed by atoms with E-state index in [0.717, 1.165) is 50.4 Å². The second-order valence-corrected chi connectivity index (χ2v) is 6.16. The summed E-state index contributed by atoms with van der Waals surface area (Å²) < 4.78 is 5.31. The van der Waals surface area contributed by atoms with Crippen LogP contribution in [0.4, 0.5) is 0 Å². The van der Waals surface area contributed by atoms with Crippen LogP contribution in [0, 0.1) is 0 Å². The van der Waals surface area contributed by atoms with Gasteiger partial charge in [0.2, 0.25) is 5.89 Å². The molecule has 0 unspecified atom stereocenters. The lowest BCUT2D eigenvalue weighted by molar-refractivity contribution is 0.160. The highest BCUT2D eigenvalue weighted by atomic mass is 16.5. The fourth-order valence-corrected chi connectivity index (χ4v) is 3.38. The van der Waals surface area contributed by atoms with Gasteiger partial charge in [-0.2, -0.15) is 4.98 Å². The van der Waals surface area contributed by atoms with E-state index in [-0.39, 0.29) is 6.61 Å². The molecule has 0 saturated heterocycles. The molecule has 2 aromatic rings. The minimum atomic E-state index is 0.207. The number of aliphatic hydroxyl groups excluding tert-OH is 1. The predicted octanol–water partition coefficient (Wildman–Crippen LogP) is 2.89. The summed E-state index contributed by atoms with van der Waals surface area (Å²) in [4.78, 5) is 6.87. The molecule has 1 aliphatic rings. The van der Waals surface area contributed by atoms with Gasteiger partial charge in [-0.05, 0) is 36.8 Å². The third kappa shape index (κ3) is 3.79. The molecule has 3 rings (SSSR count). The number of aromatic nitrogens is 2. The van der Waals surface area contributed by atoms with E-state index in [4.69, 9.17) is 4.52 Å². The molecule has 5 heteroatoms. The number of aliphatic hydroxyl groups is 1. The summed E-state index contributed by atoms with van der Waals surface area (Å²) in [6.45, 7) is 3.82. The summed E-state index contributed by atoms with van der Waals surface area (Å²) in [5.74, 6) is 1.47. The van der Waals surface area contributed by atoms with Crippen molar-refractivity contribution in [1.82, 2.24) is 15.0 Å². The zero-order valence-electron chi connectivity index (χ0n) is 13.7. The molecule has 1 atom stereocenters. The quantitative estimate of drug-likeness (QED) is 0.811. The van der Waals surface area contributed by atoms with E-state index in [9.17, 15) is 5.11 Å². The first-order valence-electron chi connectivity index (χ1n) is 8.56. The van der Waals surface area contributed by atoms with Crippen molar-refractivity contribution in [2.45, 2.75) is 51.6 Å². The minimum Gasteiger partial charge on any atom is -0.396 e. The van der Waals surface area contributed by atoms with E-state index in [1.807, 2.05) is 0 Å². The van der Waals surface area contributed by atoms with Gasteiger partial charge < -0.3 is 9.63 Å². The Hall–Kier alpha value is -1.72. The monoisotopic (exact) mass is 315 g/mol. The molecule has 0 fully saturated rings. The Morgan fingerprint density at radius 2 is 2.22 bits per heavy atom. The van der Waals surface area contributed by atoms with Crippen LogP contribution in [-0.4, -0.2) is 33.3 Å². The van der Waals surface area contributed by atoms with Crippen molar-refractivity contribution >= 4 is 0 Å². The highest BCUT2D eigenvalue weighted by Crippen LogP contribution is 2.36. The summed E-state index contributed by atoms with van der Waals surface area (Å²) in [7, 11) is 0. The molecule has 0 spiro atoms. The summed E-state index contributed by atoms with van der Waals surface area (Å²) in [6.07, 6.45) is 4.83. The number of hydrogen-bond acceptors (Lipinski definition) is 5. The van der Waals surface area contributed by atoms with Crippen LogP contribution in [0.15, 0.2) is 28.8 Å². The van der Waals surface area contributed by atoms with E-state index < -0.39 is 0 Å². The number of fused-ring (bicyclic) bond motifs is 1. The molecule has 1 heterocycles. The topological polar surface area (TPSA) is 62.4 Å². The molecule has 5 nitrogen and oxygen atoms in total. The Labute approximate surface area is 137 Å². The lowest BCUT2D eigenvalue weighted by atomic mass is 10.1. The van der Waals surface area contributed by atoms with Crippen molar-refractivity contribution in [3.63, 3.8) is 0 Å².